The summed E-state index contributed by atoms with van der Waals surface area (Å²) in [7, 11) is 0. The number of piperidine rings is 1. The topological polar surface area (TPSA) is 80.5 Å². The summed E-state index contributed by atoms with van der Waals surface area (Å²) in [5, 5.41) is 6.94. The second-order valence-electron chi connectivity index (χ2n) is 6.82. The summed E-state index contributed by atoms with van der Waals surface area (Å²) in [6.45, 7) is 5.84. The molecule has 2 aromatic rings. The number of ether oxygens (including phenoxy) is 1. The normalized spacial score (nSPS) is 17.5. The molecule has 1 aliphatic rings. The molecule has 0 bridgehead atoms. The maximum Gasteiger partial charge on any atom is 0.317 e. The molecule has 1 aromatic carbocycles. The summed E-state index contributed by atoms with van der Waals surface area (Å²) in [5.74, 6) is 1.16. The largest absolute Gasteiger partial charge is 0.376 e. The quantitative estimate of drug-likeness (QED) is 0.859. The summed E-state index contributed by atoms with van der Waals surface area (Å²) in [5.41, 5.74) is 0.909. The lowest BCUT2D eigenvalue weighted by atomic mass is 10.1. The first-order valence-corrected chi connectivity index (χ1v) is 9.17. The first-order chi connectivity index (χ1) is 12.6. The van der Waals surface area contributed by atoms with E-state index < -0.39 is 0 Å². The summed E-state index contributed by atoms with van der Waals surface area (Å²) < 4.78 is 11.2. The lowest BCUT2D eigenvalue weighted by Crippen LogP contribution is -2.49. The Bertz CT molecular complexity index is 702. The Morgan fingerprint density at radius 2 is 2.19 bits per heavy atom. The number of carbonyl (C=O) groups is 1. The van der Waals surface area contributed by atoms with Crippen LogP contribution >= 0.6 is 0 Å². The lowest BCUT2D eigenvalue weighted by Gasteiger charge is -2.33. The minimum atomic E-state index is -0.0148. The monoisotopic (exact) mass is 358 g/mol. The van der Waals surface area contributed by atoms with Gasteiger partial charge in [0, 0.05) is 31.1 Å². The predicted molar refractivity (Wildman–Crippen MR) is 97.7 cm³/mol. The van der Waals surface area contributed by atoms with Crippen molar-refractivity contribution in [2.45, 2.75) is 45.3 Å². The van der Waals surface area contributed by atoms with Crippen LogP contribution in [0.5, 0.6) is 0 Å². The van der Waals surface area contributed by atoms with Crippen LogP contribution in [-0.4, -0.2) is 52.9 Å². The van der Waals surface area contributed by atoms with Crippen molar-refractivity contribution in [2.24, 2.45) is 0 Å². The zero-order valence-electron chi connectivity index (χ0n) is 15.4. The summed E-state index contributed by atoms with van der Waals surface area (Å²) in [4.78, 5) is 18.3. The van der Waals surface area contributed by atoms with Crippen molar-refractivity contribution in [2.75, 3.05) is 19.7 Å². The van der Waals surface area contributed by atoms with Gasteiger partial charge in [0.1, 0.15) is 0 Å². The molecule has 2 amide bonds. The van der Waals surface area contributed by atoms with Gasteiger partial charge in [-0.25, -0.2) is 4.79 Å². The Balaban J connectivity index is 1.45. The number of nitrogens with zero attached hydrogens (tertiary/aromatic N) is 3. The molecule has 26 heavy (non-hydrogen) atoms. The highest BCUT2D eigenvalue weighted by Crippen LogP contribution is 2.17. The van der Waals surface area contributed by atoms with Gasteiger partial charge in [0.15, 0.2) is 5.82 Å². The van der Waals surface area contributed by atoms with Crippen LogP contribution in [0.3, 0.4) is 0 Å². The van der Waals surface area contributed by atoms with Gasteiger partial charge in [-0.15, -0.1) is 0 Å². The number of hydrogen-bond acceptors (Lipinski definition) is 5. The molecule has 1 atom stereocenters. The van der Waals surface area contributed by atoms with E-state index in [2.05, 4.69) is 15.5 Å². The van der Waals surface area contributed by atoms with Gasteiger partial charge in [0.2, 0.25) is 0 Å². The van der Waals surface area contributed by atoms with E-state index in [1.165, 1.54) is 0 Å². The highest BCUT2D eigenvalue weighted by Gasteiger charge is 2.24. The van der Waals surface area contributed by atoms with Gasteiger partial charge in [-0.2, -0.15) is 4.98 Å². The second kappa shape index (κ2) is 8.80. The first-order valence-electron chi connectivity index (χ1n) is 9.17. The molecule has 7 nitrogen and oxygen atoms in total. The number of urea groups is 1. The van der Waals surface area contributed by atoms with Gasteiger partial charge in [-0.3, -0.25) is 0 Å². The van der Waals surface area contributed by atoms with Crippen LogP contribution in [0.15, 0.2) is 34.9 Å². The molecular formula is C19H26N4O3. The van der Waals surface area contributed by atoms with Gasteiger partial charge in [-0.1, -0.05) is 23.4 Å². The van der Waals surface area contributed by atoms with E-state index in [1.54, 1.807) is 0 Å². The van der Waals surface area contributed by atoms with E-state index in [1.807, 2.05) is 49.1 Å². The van der Waals surface area contributed by atoms with Crippen LogP contribution < -0.4 is 5.32 Å². The number of aromatic nitrogens is 2. The van der Waals surface area contributed by atoms with Crippen molar-refractivity contribution < 1.29 is 14.1 Å². The highest BCUT2D eigenvalue weighted by atomic mass is 16.5. The molecule has 140 valence electrons. The van der Waals surface area contributed by atoms with E-state index in [0.717, 1.165) is 24.9 Å². The van der Waals surface area contributed by atoms with Crippen molar-refractivity contribution in [1.82, 2.24) is 20.4 Å². The molecule has 7 heteroatoms. The molecule has 0 spiro atoms. The number of likely N-dealkylation sites (tertiary alicyclic amines) is 1. The van der Waals surface area contributed by atoms with E-state index in [4.69, 9.17) is 9.26 Å². The van der Waals surface area contributed by atoms with E-state index >= 15 is 0 Å². The molecule has 1 saturated heterocycles. The van der Waals surface area contributed by atoms with Crippen LogP contribution in [0.4, 0.5) is 4.79 Å². The van der Waals surface area contributed by atoms with Crippen LogP contribution in [0.1, 0.15) is 32.5 Å². The zero-order valence-corrected chi connectivity index (χ0v) is 15.4. The summed E-state index contributed by atoms with van der Waals surface area (Å²) >= 11 is 0. The van der Waals surface area contributed by atoms with Crippen LogP contribution in [0.25, 0.3) is 11.5 Å². The minimum absolute atomic E-state index is 0.0148. The average molecular weight is 358 g/mol. The molecule has 1 unspecified atom stereocenters. The number of benzene rings is 1. The van der Waals surface area contributed by atoms with E-state index in [0.29, 0.717) is 31.3 Å². The van der Waals surface area contributed by atoms with Gasteiger partial charge in [0.25, 0.3) is 5.89 Å². The number of amides is 2. The van der Waals surface area contributed by atoms with Crippen LogP contribution in [-0.2, 0) is 11.2 Å². The Kier molecular flexibility index (Phi) is 6.22. The molecule has 0 aliphatic carbocycles. The second-order valence-corrected chi connectivity index (χ2v) is 6.82. The minimum Gasteiger partial charge on any atom is -0.376 e. The number of hydrogen-bond donors (Lipinski definition) is 1. The number of carbonyl (C=O) groups excluding carboxylic acids is 1. The standard InChI is InChI=1S/C19H26N4O3/c1-14(2)20-19(24)23-11-6-9-16(13-23)25-12-10-17-21-18(26-22-17)15-7-4-3-5-8-15/h3-5,7-8,14,16H,6,9-13H2,1-2H3,(H,20,24). The first kappa shape index (κ1) is 18.4. The molecule has 0 radical (unpaired) electrons. The fraction of sp³-hybridized carbons (Fsp3) is 0.526. The molecule has 3 rings (SSSR count). The third kappa shape index (κ3) is 5.05. The Labute approximate surface area is 153 Å². The molecule has 1 N–H and O–H groups in total. The highest BCUT2D eigenvalue weighted by molar-refractivity contribution is 5.74. The van der Waals surface area contributed by atoms with Crippen molar-refractivity contribution >= 4 is 6.03 Å². The van der Waals surface area contributed by atoms with Crippen molar-refractivity contribution in [3.05, 3.63) is 36.2 Å². The molecule has 1 fully saturated rings. The fourth-order valence-corrected chi connectivity index (χ4v) is 2.97. The summed E-state index contributed by atoms with van der Waals surface area (Å²) in [6, 6.07) is 9.82. The van der Waals surface area contributed by atoms with E-state index in [9.17, 15) is 4.79 Å². The maximum atomic E-state index is 12.1. The third-order valence-corrected chi connectivity index (χ3v) is 4.25. The van der Waals surface area contributed by atoms with Crippen LogP contribution in [0.2, 0.25) is 0 Å². The predicted octanol–water partition coefficient (Wildman–Crippen LogP) is 2.88. The average Bonchev–Trinajstić information content (AvgIpc) is 3.11. The smallest absolute Gasteiger partial charge is 0.317 e. The molecular weight excluding hydrogens is 332 g/mol. The number of rotatable bonds is 6. The van der Waals surface area contributed by atoms with Gasteiger partial charge in [-0.05, 0) is 38.8 Å². The maximum absolute atomic E-state index is 12.1. The van der Waals surface area contributed by atoms with Crippen LogP contribution in [0, 0.1) is 0 Å². The molecule has 2 heterocycles. The Hall–Kier alpha value is -2.41. The van der Waals surface area contributed by atoms with Gasteiger partial charge < -0.3 is 19.5 Å². The Morgan fingerprint density at radius 1 is 1.38 bits per heavy atom. The Morgan fingerprint density at radius 3 is 2.96 bits per heavy atom. The van der Waals surface area contributed by atoms with E-state index in [-0.39, 0.29) is 18.2 Å². The molecule has 1 aliphatic heterocycles. The molecule has 1 aromatic heterocycles. The molecule has 0 saturated carbocycles. The zero-order chi connectivity index (χ0) is 18.4. The fourth-order valence-electron chi connectivity index (χ4n) is 2.97. The van der Waals surface area contributed by atoms with Crippen molar-refractivity contribution in [1.29, 1.82) is 0 Å². The number of nitrogens with one attached hydrogen (secondary N) is 1. The summed E-state index contributed by atoms with van der Waals surface area (Å²) in [6.07, 6.45) is 2.57. The third-order valence-electron chi connectivity index (χ3n) is 4.25. The van der Waals surface area contributed by atoms with Gasteiger partial charge in [0.05, 0.1) is 12.7 Å². The van der Waals surface area contributed by atoms with Crippen molar-refractivity contribution in [3.8, 4) is 11.5 Å². The lowest BCUT2D eigenvalue weighted by molar-refractivity contribution is 0.0103. The SMILES string of the molecule is CC(C)NC(=O)N1CCCC(OCCc2noc(-c3ccccc3)n2)C1. The van der Waals surface area contributed by atoms with Gasteiger partial charge >= 0.3 is 6.03 Å². The van der Waals surface area contributed by atoms with Crippen molar-refractivity contribution in [3.63, 3.8) is 0 Å².